The third-order valence-electron chi connectivity index (χ3n) is 4.25. The molecule has 1 aliphatic carbocycles. The van der Waals surface area contributed by atoms with Crippen LogP contribution in [0.15, 0.2) is 18.2 Å². The molecule has 2 nitrogen and oxygen atoms in total. The summed E-state index contributed by atoms with van der Waals surface area (Å²) in [4.78, 5) is 0. The molecule has 1 aliphatic rings. The highest BCUT2D eigenvalue weighted by molar-refractivity contribution is 5.24. The first-order valence-corrected chi connectivity index (χ1v) is 7.13. The zero-order valence-electron chi connectivity index (χ0n) is 11.4. The summed E-state index contributed by atoms with van der Waals surface area (Å²) >= 11 is 0. The van der Waals surface area contributed by atoms with E-state index in [4.69, 9.17) is 0 Å². The van der Waals surface area contributed by atoms with Gasteiger partial charge in [0, 0.05) is 0 Å². The van der Waals surface area contributed by atoms with E-state index in [0.29, 0.717) is 12.8 Å². The average molecular weight is 279 g/mol. The molecule has 1 fully saturated rings. The molecule has 0 radical (unpaired) electrons. The summed E-state index contributed by atoms with van der Waals surface area (Å²) in [6.07, 6.45) is 5.15. The molecule has 0 bridgehead atoms. The van der Waals surface area contributed by atoms with Gasteiger partial charge in [0.2, 0.25) is 0 Å². The Hall–Kier alpha value is -1.47. The summed E-state index contributed by atoms with van der Waals surface area (Å²) < 4.78 is 26.3. The first kappa shape index (κ1) is 14.9. The number of halogens is 2. The molecule has 1 aromatic carbocycles. The maximum absolute atomic E-state index is 13.3. The van der Waals surface area contributed by atoms with Crippen LogP contribution in [0, 0.1) is 28.4 Å². The third kappa shape index (κ3) is 2.99. The summed E-state index contributed by atoms with van der Waals surface area (Å²) in [5.41, 5.74) is -0.601. The normalized spacial score (nSPS) is 20.5. The molecule has 1 unspecified atom stereocenters. The Morgan fingerprint density at radius 1 is 1.05 bits per heavy atom. The Morgan fingerprint density at radius 2 is 1.65 bits per heavy atom. The number of nitriles is 1. The van der Waals surface area contributed by atoms with Gasteiger partial charge in [-0.05, 0) is 30.5 Å². The fourth-order valence-electron chi connectivity index (χ4n) is 2.98. The number of hydrogen-bond donors (Lipinski definition) is 1. The molecule has 0 spiro atoms. The highest BCUT2D eigenvalue weighted by Crippen LogP contribution is 2.44. The maximum Gasteiger partial charge on any atom is 0.159 e. The maximum atomic E-state index is 13.3. The molecule has 108 valence electrons. The Labute approximate surface area is 118 Å². The van der Waals surface area contributed by atoms with E-state index < -0.39 is 23.2 Å². The van der Waals surface area contributed by atoms with Gasteiger partial charge >= 0.3 is 0 Å². The van der Waals surface area contributed by atoms with E-state index in [9.17, 15) is 19.1 Å². The fourth-order valence-corrected chi connectivity index (χ4v) is 2.98. The molecule has 0 aromatic heterocycles. The number of aliphatic hydroxyl groups excluding tert-OH is 1. The van der Waals surface area contributed by atoms with Crippen molar-refractivity contribution in [1.82, 2.24) is 0 Å². The van der Waals surface area contributed by atoms with Crippen molar-refractivity contribution in [3.63, 3.8) is 0 Å². The van der Waals surface area contributed by atoms with Crippen LogP contribution >= 0.6 is 0 Å². The van der Waals surface area contributed by atoms with Crippen LogP contribution < -0.4 is 0 Å². The van der Waals surface area contributed by atoms with E-state index in [1.165, 1.54) is 6.07 Å². The molecule has 2 rings (SSSR count). The van der Waals surface area contributed by atoms with Gasteiger partial charge in [-0.2, -0.15) is 5.26 Å². The Balaban J connectivity index is 2.28. The minimum atomic E-state index is -1.07. The van der Waals surface area contributed by atoms with Crippen LogP contribution in [-0.4, -0.2) is 5.11 Å². The lowest BCUT2D eigenvalue weighted by Gasteiger charge is -2.33. The van der Waals surface area contributed by atoms with Crippen LogP contribution in [0.1, 0.15) is 56.6 Å². The average Bonchev–Trinajstić information content (AvgIpc) is 2.42. The van der Waals surface area contributed by atoms with Crippen LogP contribution in [-0.2, 0) is 0 Å². The van der Waals surface area contributed by atoms with Crippen molar-refractivity contribution in [3.8, 4) is 6.07 Å². The Kier molecular flexibility index (Phi) is 4.72. The molecule has 1 N–H and O–H groups in total. The predicted octanol–water partition coefficient (Wildman–Crippen LogP) is 4.25. The minimum Gasteiger partial charge on any atom is -0.387 e. The highest BCUT2D eigenvalue weighted by atomic mass is 19.2. The van der Waals surface area contributed by atoms with Gasteiger partial charge in [-0.15, -0.1) is 0 Å². The monoisotopic (exact) mass is 279 g/mol. The summed E-state index contributed by atoms with van der Waals surface area (Å²) in [5, 5.41) is 20.1. The van der Waals surface area contributed by atoms with Crippen molar-refractivity contribution in [3.05, 3.63) is 35.4 Å². The smallest absolute Gasteiger partial charge is 0.159 e. The summed E-state index contributed by atoms with van der Waals surface area (Å²) in [5.74, 6) is -1.93. The summed E-state index contributed by atoms with van der Waals surface area (Å²) in [7, 11) is 0. The number of rotatable bonds is 2. The molecule has 4 heteroatoms. The van der Waals surface area contributed by atoms with Crippen LogP contribution in [0.3, 0.4) is 0 Å². The predicted molar refractivity (Wildman–Crippen MR) is 71.7 cm³/mol. The molecule has 20 heavy (non-hydrogen) atoms. The minimum absolute atomic E-state index is 0.283. The van der Waals surface area contributed by atoms with Gasteiger partial charge < -0.3 is 5.11 Å². The standard InChI is InChI=1S/C16H19F2NO/c17-13-7-6-12(10-14(13)18)15(20)16(11-19)8-4-2-1-3-5-9-16/h6-7,10,15,20H,1-5,8-9H2. The molecular weight excluding hydrogens is 260 g/mol. The highest BCUT2D eigenvalue weighted by Gasteiger charge is 2.39. The SMILES string of the molecule is N#CC1(C(O)c2ccc(F)c(F)c2)CCCCCCC1. The van der Waals surface area contributed by atoms with Gasteiger partial charge in [-0.3, -0.25) is 0 Å². The summed E-state index contributed by atoms with van der Waals surface area (Å²) in [6, 6.07) is 5.61. The lowest BCUT2D eigenvalue weighted by Crippen LogP contribution is -2.28. The second-order valence-electron chi connectivity index (χ2n) is 5.61. The van der Waals surface area contributed by atoms with Gasteiger partial charge in [-0.1, -0.05) is 38.2 Å². The first-order valence-electron chi connectivity index (χ1n) is 7.13. The van der Waals surface area contributed by atoms with E-state index in [-0.39, 0.29) is 5.56 Å². The quantitative estimate of drug-likeness (QED) is 0.879. The fraction of sp³-hybridized carbons (Fsp3) is 0.562. The van der Waals surface area contributed by atoms with E-state index >= 15 is 0 Å². The Morgan fingerprint density at radius 3 is 2.20 bits per heavy atom. The van der Waals surface area contributed by atoms with Crippen molar-refractivity contribution >= 4 is 0 Å². The molecule has 1 saturated carbocycles. The molecule has 1 aromatic rings. The second kappa shape index (κ2) is 6.32. The second-order valence-corrected chi connectivity index (χ2v) is 5.61. The molecule has 0 saturated heterocycles. The van der Waals surface area contributed by atoms with Crippen molar-refractivity contribution in [1.29, 1.82) is 5.26 Å². The number of nitrogens with zero attached hydrogens (tertiary/aromatic N) is 1. The zero-order valence-corrected chi connectivity index (χ0v) is 11.4. The number of hydrogen-bond acceptors (Lipinski definition) is 2. The molecule has 0 heterocycles. The van der Waals surface area contributed by atoms with Crippen molar-refractivity contribution in [2.45, 2.75) is 51.0 Å². The van der Waals surface area contributed by atoms with E-state index in [0.717, 1.165) is 44.2 Å². The van der Waals surface area contributed by atoms with Crippen LogP contribution in [0.4, 0.5) is 8.78 Å². The Bertz CT molecular complexity index is 502. The largest absolute Gasteiger partial charge is 0.387 e. The lowest BCUT2D eigenvalue weighted by molar-refractivity contribution is 0.0431. The van der Waals surface area contributed by atoms with Gasteiger partial charge in [0.1, 0.15) is 0 Å². The van der Waals surface area contributed by atoms with E-state index in [2.05, 4.69) is 6.07 Å². The van der Waals surface area contributed by atoms with E-state index in [1.54, 1.807) is 0 Å². The number of benzene rings is 1. The topological polar surface area (TPSA) is 44.0 Å². The molecular formula is C16H19F2NO. The zero-order chi connectivity index (χ0) is 14.6. The number of aliphatic hydroxyl groups is 1. The molecule has 0 amide bonds. The van der Waals surface area contributed by atoms with Gasteiger partial charge in [0.25, 0.3) is 0 Å². The van der Waals surface area contributed by atoms with Crippen molar-refractivity contribution < 1.29 is 13.9 Å². The van der Waals surface area contributed by atoms with Crippen molar-refractivity contribution in [2.24, 2.45) is 5.41 Å². The molecule has 1 atom stereocenters. The van der Waals surface area contributed by atoms with Crippen LogP contribution in [0.25, 0.3) is 0 Å². The summed E-state index contributed by atoms with van der Waals surface area (Å²) in [6.45, 7) is 0. The van der Waals surface area contributed by atoms with Crippen LogP contribution in [0.5, 0.6) is 0 Å². The first-order chi connectivity index (χ1) is 9.59. The van der Waals surface area contributed by atoms with Gasteiger partial charge in [0.15, 0.2) is 11.6 Å². The van der Waals surface area contributed by atoms with E-state index in [1.807, 2.05) is 0 Å². The van der Waals surface area contributed by atoms with Gasteiger partial charge in [0.05, 0.1) is 17.6 Å². The van der Waals surface area contributed by atoms with Gasteiger partial charge in [-0.25, -0.2) is 8.78 Å². The van der Waals surface area contributed by atoms with Crippen molar-refractivity contribution in [2.75, 3.05) is 0 Å². The van der Waals surface area contributed by atoms with Crippen LogP contribution in [0.2, 0.25) is 0 Å². The third-order valence-corrected chi connectivity index (χ3v) is 4.25. The lowest BCUT2D eigenvalue weighted by atomic mass is 9.71. The molecule has 0 aliphatic heterocycles.